The molecule has 1 heterocycles. The van der Waals surface area contributed by atoms with Crippen molar-refractivity contribution in [3.05, 3.63) is 60.7 Å². The molecule has 0 radical (unpaired) electrons. The van der Waals surface area contributed by atoms with Crippen LogP contribution in [0.1, 0.15) is 27.2 Å². The molecule has 25 heavy (non-hydrogen) atoms. The summed E-state index contributed by atoms with van der Waals surface area (Å²) in [5, 5.41) is 2.36. The third kappa shape index (κ3) is 3.34. The van der Waals surface area contributed by atoms with Gasteiger partial charge in [0.05, 0.1) is 12.7 Å². The summed E-state index contributed by atoms with van der Waals surface area (Å²) < 4.78 is 12.5. The van der Waals surface area contributed by atoms with E-state index in [2.05, 4.69) is 69.3 Å². The Bertz CT molecular complexity index is 655. The van der Waals surface area contributed by atoms with Gasteiger partial charge in [-0.25, -0.2) is 0 Å². The lowest BCUT2D eigenvalue weighted by Crippen LogP contribution is -2.68. The van der Waals surface area contributed by atoms with Crippen LogP contribution in [0.2, 0.25) is 5.04 Å². The summed E-state index contributed by atoms with van der Waals surface area (Å²) in [6.07, 6.45) is 0.981. The molecular weight excluding hydrogens is 328 g/mol. The van der Waals surface area contributed by atoms with Gasteiger partial charge in [-0.1, -0.05) is 81.4 Å². The SMILES string of the molecule is CC(C)(C)[Si](OC1CCOC1C=O)(c1ccccc1)c1ccccc1. The molecule has 0 saturated carbocycles. The fraction of sp³-hybridized carbons (Fsp3) is 0.381. The Balaban J connectivity index is 2.17. The van der Waals surface area contributed by atoms with E-state index < -0.39 is 14.4 Å². The zero-order valence-corrected chi connectivity index (χ0v) is 16.1. The molecule has 3 rings (SSSR count). The maximum atomic E-state index is 11.4. The lowest BCUT2D eigenvalue weighted by Gasteiger charge is -2.45. The molecule has 2 aromatic carbocycles. The largest absolute Gasteiger partial charge is 0.401 e. The number of benzene rings is 2. The van der Waals surface area contributed by atoms with E-state index in [1.165, 1.54) is 10.4 Å². The molecular formula is C21H26O3Si. The molecule has 0 aliphatic carbocycles. The average Bonchev–Trinajstić information content (AvgIpc) is 3.07. The number of ether oxygens (including phenoxy) is 1. The summed E-state index contributed by atoms with van der Waals surface area (Å²) in [5.74, 6) is 0. The van der Waals surface area contributed by atoms with Gasteiger partial charge in [-0.05, 0) is 21.8 Å². The zero-order chi connectivity index (χ0) is 17.9. The number of hydrogen-bond donors (Lipinski definition) is 0. The fourth-order valence-corrected chi connectivity index (χ4v) is 8.48. The molecule has 0 amide bonds. The van der Waals surface area contributed by atoms with Crippen molar-refractivity contribution in [1.29, 1.82) is 0 Å². The van der Waals surface area contributed by atoms with Crippen molar-refractivity contribution >= 4 is 25.0 Å². The molecule has 0 aromatic heterocycles. The molecule has 2 aromatic rings. The topological polar surface area (TPSA) is 35.5 Å². The summed E-state index contributed by atoms with van der Waals surface area (Å²) in [4.78, 5) is 11.4. The summed E-state index contributed by atoms with van der Waals surface area (Å²) >= 11 is 0. The Morgan fingerprint density at radius 1 is 1.00 bits per heavy atom. The summed E-state index contributed by atoms with van der Waals surface area (Å²) in [7, 11) is -2.61. The van der Waals surface area contributed by atoms with Gasteiger partial charge in [-0.15, -0.1) is 0 Å². The number of aldehydes is 1. The van der Waals surface area contributed by atoms with E-state index in [1.54, 1.807) is 0 Å². The van der Waals surface area contributed by atoms with Gasteiger partial charge in [-0.3, -0.25) is 0 Å². The molecule has 0 N–H and O–H groups in total. The van der Waals surface area contributed by atoms with E-state index in [9.17, 15) is 4.79 Å². The Morgan fingerprint density at radius 2 is 1.52 bits per heavy atom. The highest BCUT2D eigenvalue weighted by Crippen LogP contribution is 2.38. The standard InChI is InChI=1S/C21H26O3Si/c1-21(2,3)25(17-10-6-4-7-11-17,18-12-8-5-9-13-18)24-19-14-15-23-20(19)16-22/h4-13,16,19-20H,14-15H2,1-3H3. The highest BCUT2D eigenvalue weighted by Gasteiger charge is 2.52. The summed E-state index contributed by atoms with van der Waals surface area (Å²) in [6.45, 7) is 7.30. The van der Waals surface area contributed by atoms with Crippen molar-refractivity contribution in [2.24, 2.45) is 0 Å². The molecule has 3 nitrogen and oxygen atoms in total. The van der Waals surface area contributed by atoms with Gasteiger partial charge in [0, 0.05) is 0 Å². The van der Waals surface area contributed by atoms with Crippen LogP contribution >= 0.6 is 0 Å². The highest BCUT2D eigenvalue weighted by molar-refractivity contribution is 6.99. The van der Waals surface area contributed by atoms with Crippen LogP contribution in [-0.2, 0) is 14.0 Å². The Morgan fingerprint density at radius 3 is 1.96 bits per heavy atom. The monoisotopic (exact) mass is 354 g/mol. The van der Waals surface area contributed by atoms with E-state index in [1.807, 2.05) is 12.1 Å². The zero-order valence-electron chi connectivity index (χ0n) is 15.1. The maximum absolute atomic E-state index is 11.4. The van der Waals surface area contributed by atoms with E-state index in [4.69, 9.17) is 9.16 Å². The fourth-order valence-electron chi connectivity index (χ4n) is 3.76. The highest BCUT2D eigenvalue weighted by atomic mass is 28.4. The molecule has 132 valence electrons. The first-order valence-electron chi connectivity index (χ1n) is 8.85. The Kier molecular flexibility index (Phi) is 5.23. The third-order valence-corrected chi connectivity index (χ3v) is 10.0. The number of hydrogen-bond acceptors (Lipinski definition) is 3. The first kappa shape index (κ1) is 18.1. The second-order valence-electron chi connectivity index (χ2n) is 7.58. The minimum Gasteiger partial charge on any atom is -0.401 e. The van der Waals surface area contributed by atoms with Gasteiger partial charge in [-0.2, -0.15) is 0 Å². The van der Waals surface area contributed by atoms with Gasteiger partial charge < -0.3 is 14.0 Å². The van der Waals surface area contributed by atoms with Crippen LogP contribution in [0.5, 0.6) is 0 Å². The van der Waals surface area contributed by atoms with Gasteiger partial charge in [0.1, 0.15) is 6.10 Å². The van der Waals surface area contributed by atoms with Crippen LogP contribution in [0.15, 0.2) is 60.7 Å². The van der Waals surface area contributed by atoms with Crippen molar-refractivity contribution in [2.75, 3.05) is 6.61 Å². The summed E-state index contributed by atoms with van der Waals surface area (Å²) in [5.41, 5.74) is 0. The smallest absolute Gasteiger partial charge is 0.261 e. The minimum absolute atomic E-state index is 0.0915. The van der Waals surface area contributed by atoms with Crippen LogP contribution in [0.3, 0.4) is 0 Å². The first-order chi connectivity index (χ1) is 12.0. The van der Waals surface area contributed by atoms with Crippen LogP contribution < -0.4 is 10.4 Å². The molecule has 1 aliphatic heterocycles. The lowest BCUT2D eigenvalue weighted by molar-refractivity contribution is -0.118. The molecule has 4 heteroatoms. The normalized spacial score (nSPS) is 21.2. The average molecular weight is 355 g/mol. The molecule has 1 saturated heterocycles. The van der Waals surface area contributed by atoms with E-state index >= 15 is 0 Å². The van der Waals surface area contributed by atoms with Crippen molar-refractivity contribution in [3.63, 3.8) is 0 Å². The predicted octanol–water partition coefficient (Wildman–Crippen LogP) is 2.92. The van der Waals surface area contributed by atoms with E-state index in [0.717, 1.165) is 12.7 Å². The molecule has 2 unspecified atom stereocenters. The molecule has 1 fully saturated rings. The predicted molar refractivity (Wildman–Crippen MR) is 103 cm³/mol. The van der Waals surface area contributed by atoms with Crippen molar-refractivity contribution in [1.82, 2.24) is 0 Å². The van der Waals surface area contributed by atoms with Crippen LogP contribution in [0.25, 0.3) is 0 Å². The van der Waals surface area contributed by atoms with Gasteiger partial charge in [0.15, 0.2) is 6.29 Å². The van der Waals surface area contributed by atoms with Gasteiger partial charge in [0.2, 0.25) is 0 Å². The Labute approximate surface area is 151 Å². The quantitative estimate of drug-likeness (QED) is 0.612. The molecule has 1 aliphatic rings. The minimum atomic E-state index is -2.61. The van der Waals surface area contributed by atoms with Crippen LogP contribution in [0, 0.1) is 0 Å². The van der Waals surface area contributed by atoms with E-state index in [0.29, 0.717) is 6.61 Å². The number of carbonyl (C=O) groups is 1. The second-order valence-corrected chi connectivity index (χ2v) is 11.8. The third-order valence-electron chi connectivity index (χ3n) is 4.96. The molecule has 2 atom stereocenters. The Hall–Kier alpha value is -1.75. The van der Waals surface area contributed by atoms with Crippen molar-refractivity contribution < 1.29 is 14.0 Å². The van der Waals surface area contributed by atoms with Crippen molar-refractivity contribution in [2.45, 2.75) is 44.4 Å². The molecule has 0 spiro atoms. The van der Waals surface area contributed by atoms with Crippen molar-refractivity contribution in [3.8, 4) is 0 Å². The second kappa shape index (κ2) is 7.24. The number of rotatable bonds is 5. The first-order valence-corrected chi connectivity index (χ1v) is 10.8. The van der Waals surface area contributed by atoms with E-state index in [-0.39, 0.29) is 11.1 Å². The van der Waals surface area contributed by atoms with Gasteiger partial charge >= 0.3 is 0 Å². The lowest BCUT2D eigenvalue weighted by atomic mass is 10.2. The maximum Gasteiger partial charge on any atom is 0.261 e. The van der Waals surface area contributed by atoms with Crippen LogP contribution in [-0.4, -0.2) is 33.4 Å². The number of carbonyl (C=O) groups excluding carboxylic acids is 1. The summed E-state index contributed by atoms with van der Waals surface area (Å²) in [6, 6.07) is 21.0. The van der Waals surface area contributed by atoms with Gasteiger partial charge in [0.25, 0.3) is 8.32 Å². The molecule has 0 bridgehead atoms. The van der Waals surface area contributed by atoms with Crippen LogP contribution in [0.4, 0.5) is 0 Å².